The molecule has 0 bridgehead atoms. The minimum absolute atomic E-state index is 0.133. The van der Waals surface area contributed by atoms with E-state index < -0.39 is 10.0 Å². The second-order valence-electron chi connectivity index (χ2n) is 8.22. The van der Waals surface area contributed by atoms with E-state index in [0.717, 1.165) is 41.1 Å². The van der Waals surface area contributed by atoms with Crippen LogP contribution in [0.4, 0.5) is 5.69 Å². The molecule has 1 N–H and O–H groups in total. The topological polar surface area (TPSA) is 75.7 Å². The van der Waals surface area contributed by atoms with Crippen molar-refractivity contribution < 1.29 is 17.9 Å². The second-order valence-corrected chi connectivity index (χ2v) is 10.1. The molecule has 2 aromatic rings. The maximum atomic E-state index is 13.6. The molecule has 0 aliphatic heterocycles. The molecule has 1 atom stereocenters. The Morgan fingerprint density at radius 1 is 1.06 bits per heavy atom. The van der Waals surface area contributed by atoms with E-state index in [1.807, 2.05) is 19.9 Å². The number of sulfonamides is 1. The van der Waals surface area contributed by atoms with Crippen LogP contribution in [0.25, 0.3) is 0 Å². The molecule has 0 aliphatic rings. The number of benzene rings is 2. The normalized spacial score (nSPS) is 12.3. The average Bonchev–Trinajstić information content (AvgIpc) is 2.77. The average molecular weight is 461 g/mol. The molecular weight excluding hydrogens is 424 g/mol. The number of carbonyl (C=O) groups excluding carboxylic acids is 1. The second kappa shape index (κ2) is 11.9. The van der Waals surface area contributed by atoms with Gasteiger partial charge in [0, 0.05) is 6.54 Å². The lowest BCUT2D eigenvalue weighted by Gasteiger charge is -2.26. The Kier molecular flexibility index (Phi) is 9.57. The standard InChI is InChI=1S/C25H36N2O4S/c1-6-8-9-21(7-2)17-26-25(28)18-27(23-16-20(4)12-15-24(23)31-5)32(29,30)22-13-10-19(3)11-14-22/h10-16,21H,6-9,17-18H2,1-5H3,(H,26,28)/t21-/m1/s1. The van der Waals surface area contributed by atoms with Crippen LogP contribution in [-0.2, 0) is 14.8 Å². The zero-order valence-electron chi connectivity index (χ0n) is 19.8. The third-order valence-electron chi connectivity index (χ3n) is 5.63. The summed E-state index contributed by atoms with van der Waals surface area (Å²) in [5.41, 5.74) is 2.18. The lowest BCUT2D eigenvalue weighted by Crippen LogP contribution is -2.42. The van der Waals surface area contributed by atoms with Crippen molar-refractivity contribution in [3.8, 4) is 5.75 Å². The van der Waals surface area contributed by atoms with Gasteiger partial charge in [0.05, 0.1) is 17.7 Å². The van der Waals surface area contributed by atoms with Gasteiger partial charge in [-0.25, -0.2) is 8.42 Å². The van der Waals surface area contributed by atoms with Crippen LogP contribution in [0.3, 0.4) is 0 Å². The molecule has 0 saturated heterocycles. The number of aryl methyl sites for hydroxylation is 2. The van der Waals surface area contributed by atoms with Crippen molar-refractivity contribution >= 4 is 21.6 Å². The minimum atomic E-state index is -3.98. The van der Waals surface area contributed by atoms with E-state index >= 15 is 0 Å². The van der Waals surface area contributed by atoms with Gasteiger partial charge in [-0.3, -0.25) is 9.10 Å². The number of rotatable bonds is 12. The van der Waals surface area contributed by atoms with E-state index in [9.17, 15) is 13.2 Å². The van der Waals surface area contributed by atoms with Gasteiger partial charge in [0.15, 0.2) is 0 Å². The van der Waals surface area contributed by atoms with Crippen LogP contribution in [0.5, 0.6) is 5.75 Å². The van der Waals surface area contributed by atoms with Crippen LogP contribution in [-0.4, -0.2) is 34.5 Å². The van der Waals surface area contributed by atoms with Crippen molar-refractivity contribution in [1.82, 2.24) is 5.32 Å². The predicted octanol–water partition coefficient (Wildman–Crippen LogP) is 4.84. The molecule has 0 radical (unpaired) electrons. The summed E-state index contributed by atoms with van der Waals surface area (Å²) in [6, 6.07) is 11.9. The number of ether oxygens (including phenoxy) is 1. The maximum Gasteiger partial charge on any atom is 0.264 e. The number of nitrogens with zero attached hydrogens (tertiary/aromatic N) is 1. The Labute approximate surface area is 193 Å². The fraction of sp³-hybridized carbons (Fsp3) is 0.480. The number of anilines is 1. The van der Waals surface area contributed by atoms with Crippen molar-refractivity contribution in [2.75, 3.05) is 24.5 Å². The van der Waals surface area contributed by atoms with E-state index in [2.05, 4.69) is 19.2 Å². The van der Waals surface area contributed by atoms with Gasteiger partial charge in [-0.05, 0) is 56.0 Å². The summed E-state index contributed by atoms with van der Waals surface area (Å²) in [5, 5.41) is 2.94. The van der Waals surface area contributed by atoms with Crippen molar-refractivity contribution in [2.24, 2.45) is 5.92 Å². The molecule has 176 valence electrons. The van der Waals surface area contributed by atoms with Gasteiger partial charge < -0.3 is 10.1 Å². The Morgan fingerprint density at radius 3 is 2.31 bits per heavy atom. The first-order chi connectivity index (χ1) is 15.2. The number of nitrogens with one attached hydrogen (secondary N) is 1. The summed E-state index contributed by atoms with van der Waals surface area (Å²) < 4.78 is 33.7. The van der Waals surface area contributed by atoms with Gasteiger partial charge in [-0.1, -0.05) is 56.9 Å². The van der Waals surface area contributed by atoms with E-state index in [-0.39, 0.29) is 17.3 Å². The SMILES string of the molecule is CCCC[C@@H](CC)CNC(=O)CN(c1cc(C)ccc1OC)S(=O)(=O)c1ccc(C)cc1. The summed E-state index contributed by atoms with van der Waals surface area (Å²) in [7, 11) is -2.49. The van der Waals surface area contributed by atoms with Gasteiger partial charge in [0.1, 0.15) is 12.3 Å². The van der Waals surface area contributed by atoms with Gasteiger partial charge >= 0.3 is 0 Å². The highest BCUT2D eigenvalue weighted by molar-refractivity contribution is 7.92. The first-order valence-electron chi connectivity index (χ1n) is 11.2. The molecule has 2 rings (SSSR count). The van der Waals surface area contributed by atoms with Crippen molar-refractivity contribution in [1.29, 1.82) is 0 Å². The van der Waals surface area contributed by atoms with E-state index in [0.29, 0.717) is 23.9 Å². The largest absolute Gasteiger partial charge is 0.495 e. The lowest BCUT2D eigenvalue weighted by atomic mass is 9.99. The molecule has 7 heteroatoms. The molecule has 0 fully saturated rings. The highest BCUT2D eigenvalue weighted by atomic mass is 32.2. The van der Waals surface area contributed by atoms with Crippen molar-refractivity contribution in [3.05, 3.63) is 53.6 Å². The molecule has 1 amide bonds. The Morgan fingerprint density at radius 2 is 1.72 bits per heavy atom. The van der Waals surface area contributed by atoms with E-state index in [1.54, 1.807) is 36.4 Å². The quantitative estimate of drug-likeness (QED) is 0.492. The maximum absolute atomic E-state index is 13.6. The lowest BCUT2D eigenvalue weighted by molar-refractivity contribution is -0.119. The smallest absolute Gasteiger partial charge is 0.264 e. The highest BCUT2D eigenvalue weighted by Crippen LogP contribution is 2.33. The Balaban J connectivity index is 2.36. The molecule has 0 aliphatic carbocycles. The summed E-state index contributed by atoms with van der Waals surface area (Å²) in [6.45, 7) is 8.25. The van der Waals surface area contributed by atoms with Crippen LogP contribution >= 0.6 is 0 Å². The van der Waals surface area contributed by atoms with Crippen LogP contribution in [0, 0.1) is 19.8 Å². The third-order valence-corrected chi connectivity index (χ3v) is 7.40. The molecule has 0 saturated carbocycles. The van der Waals surface area contributed by atoms with Crippen molar-refractivity contribution in [3.63, 3.8) is 0 Å². The number of hydrogen-bond acceptors (Lipinski definition) is 4. The number of hydrogen-bond donors (Lipinski definition) is 1. The minimum Gasteiger partial charge on any atom is -0.495 e. The zero-order chi connectivity index (χ0) is 23.7. The van der Waals surface area contributed by atoms with Gasteiger partial charge in [0.25, 0.3) is 10.0 Å². The first kappa shape index (κ1) is 25.7. The molecule has 32 heavy (non-hydrogen) atoms. The number of carbonyl (C=O) groups is 1. The zero-order valence-corrected chi connectivity index (χ0v) is 20.7. The fourth-order valence-electron chi connectivity index (χ4n) is 3.52. The summed E-state index contributed by atoms with van der Waals surface area (Å²) >= 11 is 0. The molecule has 6 nitrogen and oxygen atoms in total. The number of unbranched alkanes of at least 4 members (excludes halogenated alkanes) is 1. The molecule has 0 unspecified atom stereocenters. The Hall–Kier alpha value is -2.54. The van der Waals surface area contributed by atoms with E-state index in [4.69, 9.17) is 4.74 Å². The van der Waals surface area contributed by atoms with E-state index in [1.165, 1.54) is 7.11 Å². The summed E-state index contributed by atoms with van der Waals surface area (Å²) in [5.74, 6) is 0.447. The molecule has 2 aromatic carbocycles. The fourth-order valence-corrected chi connectivity index (χ4v) is 4.94. The molecule has 0 spiro atoms. The molecule has 0 heterocycles. The van der Waals surface area contributed by atoms with Gasteiger partial charge in [-0.15, -0.1) is 0 Å². The van der Waals surface area contributed by atoms with Gasteiger partial charge in [0.2, 0.25) is 5.91 Å². The third kappa shape index (κ3) is 6.73. The van der Waals surface area contributed by atoms with Gasteiger partial charge in [-0.2, -0.15) is 0 Å². The number of methoxy groups -OCH3 is 1. The van der Waals surface area contributed by atoms with Crippen LogP contribution in [0.15, 0.2) is 47.4 Å². The first-order valence-corrected chi connectivity index (χ1v) is 12.7. The van der Waals surface area contributed by atoms with Crippen LogP contribution < -0.4 is 14.4 Å². The summed E-state index contributed by atoms with van der Waals surface area (Å²) in [4.78, 5) is 13.0. The monoisotopic (exact) mass is 460 g/mol. The highest BCUT2D eigenvalue weighted by Gasteiger charge is 2.29. The summed E-state index contributed by atoms with van der Waals surface area (Å²) in [6.07, 6.45) is 4.24. The van der Waals surface area contributed by atoms with Crippen LogP contribution in [0.1, 0.15) is 50.7 Å². The number of amides is 1. The molecular formula is C25H36N2O4S. The van der Waals surface area contributed by atoms with Crippen molar-refractivity contribution in [2.45, 2.75) is 58.3 Å². The molecule has 0 aromatic heterocycles. The predicted molar refractivity (Wildman–Crippen MR) is 130 cm³/mol. The Bertz CT molecular complexity index is 988. The van der Waals surface area contributed by atoms with Crippen LogP contribution in [0.2, 0.25) is 0 Å².